The summed E-state index contributed by atoms with van der Waals surface area (Å²) in [6, 6.07) is 10.1. The highest BCUT2D eigenvalue weighted by Gasteiger charge is 2.23. The topological polar surface area (TPSA) is 55.6 Å². The highest BCUT2D eigenvalue weighted by atomic mass is 32.1. The van der Waals surface area contributed by atoms with Crippen molar-refractivity contribution in [3.63, 3.8) is 0 Å². The van der Waals surface area contributed by atoms with Gasteiger partial charge in [-0.2, -0.15) is 4.52 Å². The molecule has 138 valence electrons. The Hall–Kier alpha value is -2.51. The van der Waals surface area contributed by atoms with Gasteiger partial charge in [0.15, 0.2) is 11.5 Å². The molecule has 27 heavy (non-hydrogen) atoms. The highest BCUT2D eigenvalue weighted by molar-refractivity contribution is 7.18. The molecule has 0 radical (unpaired) electrons. The van der Waals surface area contributed by atoms with Gasteiger partial charge in [0, 0.05) is 23.5 Å². The zero-order valence-electron chi connectivity index (χ0n) is 15.5. The minimum Gasteiger partial charge on any atom is -0.378 e. The number of hydrogen-bond donors (Lipinski definition) is 0. The van der Waals surface area contributed by atoms with E-state index in [1.807, 2.05) is 34.8 Å². The third-order valence-electron chi connectivity index (χ3n) is 5.09. The molecule has 4 heterocycles. The minimum absolute atomic E-state index is 0.713. The SMILES string of the molecule is CCc1c(C)sc2nc(N3CCOCC3)n3nc(-c4ccccc4)nc3c12. The van der Waals surface area contributed by atoms with Gasteiger partial charge in [0.05, 0.1) is 18.6 Å². The van der Waals surface area contributed by atoms with Crippen molar-refractivity contribution in [2.24, 2.45) is 0 Å². The molecule has 1 aliphatic rings. The summed E-state index contributed by atoms with van der Waals surface area (Å²) in [4.78, 5) is 14.6. The van der Waals surface area contributed by atoms with Gasteiger partial charge in [-0.05, 0) is 18.9 Å². The summed E-state index contributed by atoms with van der Waals surface area (Å²) in [7, 11) is 0. The zero-order valence-corrected chi connectivity index (χ0v) is 16.3. The van der Waals surface area contributed by atoms with E-state index in [0.717, 1.165) is 52.7 Å². The van der Waals surface area contributed by atoms with E-state index < -0.39 is 0 Å². The molecule has 1 aliphatic heterocycles. The first-order valence-corrected chi connectivity index (χ1v) is 10.1. The van der Waals surface area contributed by atoms with Crippen LogP contribution in [0.5, 0.6) is 0 Å². The fourth-order valence-electron chi connectivity index (χ4n) is 3.73. The Morgan fingerprint density at radius 3 is 2.63 bits per heavy atom. The van der Waals surface area contributed by atoms with Crippen molar-refractivity contribution in [2.45, 2.75) is 20.3 Å². The van der Waals surface area contributed by atoms with E-state index in [-0.39, 0.29) is 0 Å². The molecule has 0 amide bonds. The van der Waals surface area contributed by atoms with E-state index >= 15 is 0 Å². The number of benzene rings is 1. The maximum atomic E-state index is 5.52. The molecule has 0 atom stereocenters. The Morgan fingerprint density at radius 1 is 1.11 bits per heavy atom. The van der Waals surface area contributed by atoms with Gasteiger partial charge in [0.1, 0.15) is 4.83 Å². The fraction of sp³-hybridized carbons (Fsp3) is 0.350. The van der Waals surface area contributed by atoms with E-state index in [0.29, 0.717) is 13.2 Å². The summed E-state index contributed by atoms with van der Waals surface area (Å²) in [5, 5.41) is 6.00. The monoisotopic (exact) mass is 379 g/mol. The van der Waals surface area contributed by atoms with Crippen LogP contribution in [0.15, 0.2) is 30.3 Å². The smallest absolute Gasteiger partial charge is 0.230 e. The van der Waals surface area contributed by atoms with Crippen molar-refractivity contribution in [2.75, 3.05) is 31.2 Å². The first-order chi connectivity index (χ1) is 13.3. The fourth-order valence-corrected chi connectivity index (χ4v) is 4.83. The lowest BCUT2D eigenvalue weighted by atomic mass is 10.1. The lowest BCUT2D eigenvalue weighted by Crippen LogP contribution is -2.38. The Balaban J connectivity index is 1.81. The van der Waals surface area contributed by atoms with E-state index in [9.17, 15) is 0 Å². The molecular formula is C20H21N5OS. The summed E-state index contributed by atoms with van der Waals surface area (Å²) >= 11 is 1.75. The second-order valence-corrected chi connectivity index (χ2v) is 7.92. The lowest BCUT2D eigenvalue weighted by Gasteiger charge is -2.27. The third-order valence-corrected chi connectivity index (χ3v) is 6.13. The molecule has 0 spiro atoms. The predicted octanol–water partition coefficient (Wildman–Crippen LogP) is 3.71. The summed E-state index contributed by atoms with van der Waals surface area (Å²) in [6.45, 7) is 7.43. The van der Waals surface area contributed by atoms with E-state index in [1.165, 1.54) is 10.4 Å². The van der Waals surface area contributed by atoms with Gasteiger partial charge in [-0.15, -0.1) is 16.4 Å². The number of morpholine rings is 1. The van der Waals surface area contributed by atoms with Crippen LogP contribution in [0, 0.1) is 6.92 Å². The predicted molar refractivity (Wildman–Crippen MR) is 109 cm³/mol. The quantitative estimate of drug-likeness (QED) is 0.543. The van der Waals surface area contributed by atoms with Crippen LogP contribution in [0.4, 0.5) is 5.95 Å². The minimum atomic E-state index is 0.713. The standard InChI is InChI=1S/C20H21N5OS/c1-3-15-13(2)27-19-16(15)18-21-17(14-7-5-4-6-8-14)23-25(18)20(22-19)24-9-11-26-12-10-24/h4-8H,3,9-12H2,1-2H3. The maximum absolute atomic E-state index is 5.52. The average Bonchev–Trinajstić information content (AvgIpc) is 3.29. The van der Waals surface area contributed by atoms with Crippen LogP contribution in [-0.2, 0) is 11.2 Å². The molecule has 1 saturated heterocycles. The molecule has 4 aromatic rings. The molecule has 0 bridgehead atoms. The number of anilines is 1. The van der Waals surface area contributed by atoms with Crippen molar-refractivity contribution < 1.29 is 4.74 Å². The average molecular weight is 379 g/mol. The number of rotatable bonds is 3. The summed E-state index contributed by atoms with van der Waals surface area (Å²) < 4.78 is 7.46. The molecule has 1 aromatic carbocycles. The number of fused-ring (bicyclic) bond motifs is 3. The third kappa shape index (κ3) is 2.69. The Kier molecular flexibility index (Phi) is 4.06. The van der Waals surface area contributed by atoms with E-state index in [2.05, 4.69) is 18.7 Å². The van der Waals surface area contributed by atoms with Gasteiger partial charge in [-0.1, -0.05) is 37.3 Å². The lowest BCUT2D eigenvalue weighted by molar-refractivity contribution is 0.122. The molecule has 7 heteroatoms. The molecular weight excluding hydrogens is 358 g/mol. The van der Waals surface area contributed by atoms with Crippen molar-refractivity contribution >= 4 is 33.1 Å². The Labute approximate surface area is 161 Å². The van der Waals surface area contributed by atoms with Crippen LogP contribution in [0.25, 0.3) is 27.3 Å². The van der Waals surface area contributed by atoms with Crippen molar-refractivity contribution in [1.82, 2.24) is 19.6 Å². The van der Waals surface area contributed by atoms with Gasteiger partial charge < -0.3 is 9.64 Å². The Bertz CT molecular complexity index is 1110. The molecule has 0 aliphatic carbocycles. The van der Waals surface area contributed by atoms with Gasteiger partial charge >= 0.3 is 0 Å². The number of hydrogen-bond acceptors (Lipinski definition) is 6. The van der Waals surface area contributed by atoms with Crippen LogP contribution < -0.4 is 4.90 Å². The summed E-state index contributed by atoms with van der Waals surface area (Å²) in [5.74, 6) is 1.60. The van der Waals surface area contributed by atoms with Crippen LogP contribution in [0.2, 0.25) is 0 Å². The summed E-state index contributed by atoms with van der Waals surface area (Å²) in [5.41, 5.74) is 3.25. The number of nitrogens with zero attached hydrogens (tertiary/aromatic N) is 5. The number of thiophene rings is 1. The van der Waals surface area contributed by atoms with E-state index in [1.54, 1.807) is 11.3 Å². The zero-order chi connectivity index (χ0) is 18.4. The maximum Gasteiger partial charge on any atom is 0.230 e. The van der Waals surface area contributed by atoms with E-state index in [4.69, 9.17) is 19.8 Å². The normalized spacial score (nSPS) is 15.1. The molecule has 6 nitrogen and oxygen atoms in total. The molecule has 0 N–H and O–H groups in total. The molecule has 1 fully saturated rings. The molecule has 0 unspecified atom stereocenters. The van der Waals surface area contributed by atoms with Gasteiger partial charge in [-0.3, -0.25) is 0 Å². The molecule has 0 saturated carbocycles. The van der Waals surface area contributed by atoms with Crippen LogP contribution in [0.1, 0.15) is 17.4 Å². The largest absolute Gasteiger partial charge is 0.378 e. The van der Waals surface area contributed by atoms with Crippen molar-refractivity contribution in [3.05, 3.63) is 40.8 Å². The first kappa shape index (κ1) is 16.6. The number of aromatic nitrogens is 4. The van der Waals surface area contributed by atoms with Crippen molar-refractivity contribution in [1.29, 1.82) is 0 Å². The second kappa shape index (κ2) is 6.58. The van der Waals surface area contributed by atoms with Crippen LogP contribution in [0.3, 0.4) is 0 Å². The van der Waals surface area contributed by atoms with Crippen LogP contribution >= 0.6 is 11.3 Å². The number of aryl methyl sites for hydroxylation is 2. The number of ether oxygens (including phenoxy) is 1. The van der Waals surface area contributed by atoms with Gasteiger partial charge in [-0.25, -0.2) is 9.97 Å². The van der Waals surface area contributed by atoms with Crippen LogP contribution in [-0.4, -0.2) is 45.9 Å². The second-order valence-electron chi connectivity index (χ2n) is 6.72. The van der Waals surface area contributed by atoms with Gasteiger partial charge in [0.25, 0.3) is 0 Å². The summed E-state index contributed by atoms with van der Waals surface area (Å²) in [6.07, 6.45) is 0.966. The highest BCUT2D eigenvalue weighted by Crippen LogP contribution is 2.35. The molecule has 5 rings (SSSR count). The Morgan fingerprint density at radius 2 is 1.89 bits per heavy atom. The molecule has 3 aromatic heterocycles. The van der Waals surface area contributed by atoms with Gasteiger partial charge in [0.2, 0.25) is 5.95 Å². The first-order valence-electron chi connectivity index (χ1n) is 9.33. The van der Waals surface area contributed by atoms with Crippen molar-refractivity contribution in [3.8, 4) is 11.4 Å².